The van der Waals surface area contributed by atoms with Crippen LogP contribution in [0.1, 0.15) is 34.1 Å². The molecule has 2 aromatic heterocycles. The molecule has 4 rings (SSSR count). The molecule has 1 unspecified atom stereocenters. The number of hydrogen-bond donors (Lipinski definition) is 0. The molecule has 3 aromatic rings. The number of benzene rings is 1. The van der Waals surface area contributed by atoms with Crippen LogP contribution in [0.3, 0.4) is 0 Å². The monoisotopic (exact) mass is 366 g/mol. The number of carbonyl (C=O) groups excluding carboxylic acids is 1. The second-order valence-electron chi connectivity index (χ2n) is 5.94. The molecular weight excluding hydrogens is 348 g/mol. The Kier molecular flexibility index (Phi) is 4.85. The third-order valence-corrected chi connectivity index (χ3v) is 6.34. The van der Waals surface area contributed by atoms with E-state index in [1.54, 1.807) is 29.3 Å². The van der Waals surface area contributed by atoms with Gasteiger partial charge in [-0.25, -0.2) is 4.98 Å². The minimum atomic E-state index is 0.0856. The minimum Gasteiger partial charge on any atom is -0.331 e. The Morgan fingerprint density at radius 2 is 2.00 bits per heavy atom. The second kappa shape index (κ2) is 7.42. The predicted octanol–water partition coefficient (Wildman–Crippen LogP) is 5.27. The first kappa shape index (κ1) is 16.4. The van der Waals surface area contributed by atoms with Gasteiger partial charge in [0.25, 0.3) is 5.91 Å². The van der Waals surface area contributed by atoms with E-state index < -0.39 is 0 Å². The average Bonchev–Trinajstić information content (AvgIpc) is 3.34. The molecule has 0 radical (unpaired) electrons. The Morgan fingerprint density at radius 3 is 2.80 bits per heavy atom. The molecule has 1 aliphatic rings. The van der Waals surface area contributed by atoms with E-state index in [0.29, 0.717) is 5.56 Å². The van der Waals surface area contributed by atoms with Gasteiger partial charge in [0.2, 0.25) is 0 Å². The quantitative estimate of drug-likeness (QED) is 0.630. The molecule has 1 amide bonds. The molecule has 5 heteroatoms. The van der Waals surface area contributed by atoms with Gasteiger partial charge in [0.05, 0.1) is 11.6 Å². The van der Waals surface area contributed by atoms with Gasteiger partial charge in [-0.15, -0.1) is 11.3 Å². The van der Waals surface area contributed by atoms with E-state index in [-0.39, 0.29) is 11.9 Å². The number of aromatic nitrogens is 1. The van der Waals surface area contributed by atoms with E-state index in [9.17, 15) is 4.79 Å². The lowest BCUT2D eigenvalue weighted by molar-refractivity contribution is 0.0733. The third kappa shape index (κ3) is 3.48. The van der Waals surface area contributed by atoms with Gasteiger partial charge in [0.15, 0.2) is 0 Å². The highest BCUT2D eigenvalue weighted by molar-refractivity contribution is 7.99. The Labute approximate surface area is 155 Å². The van der Waals surface area contributed by atoms with Crippen LogP contribution >= 0.6 is 23.1 Å². The van der Waals surface area contributed by atoms with Crippen molar-refractivity contribution in [3.05, 3.63) is 76.6 Å². The zero-order valence-electron chi connectivity index (χ0n) is 13.7. The highest BCUT2D eigenvalue weighted by Crippen LogP contribution is 2.37. The van der Waals surface area contributed by atoms with Gasteiger partial charge in [-0.3, -0.25) is 4.79 Å². The summed E-state index contributed by atoms with van der Waals surface area (Å²) in [5.41, 5.74) is 0.694. The van der Waals surface area contributed by atoms with Crippen LogP contribution in [0.4, 0.5) is 0 Å². The standard InChI is InChI=1S/C20H18N2OS2/c23-20(22-13-5-10-17(22)18-11-6-14-24-18)16-9-4-12-21-19(16)25-15-7-2-1-3-8-15/h1-4,6-9,11-12,14,17H,5,10,13H2. The minimum absolute atomic E-state index is 0.0856. The van der Waals surface area contributed by atoms with Gasteiger partial charge in [0, 0.05) is 22.5 Å². The summed E-state index contributed by atoms with van der Waals surface area (Å²) in [5, 5.41) is 2.85. The normalized spacial score (nSPS) is 17.0. The highest BCUT2D eigenvalue weighted by atomic mass is 32.2. The van der Waals surface area contributed by atoms with E-state index in [0.717, 1.165) is 29.3 Å². The van der Waals surface area contributed by atoms with Crippen LogP contribution in [0.25, 0.3) is 0 Å². The maximum absolute atomic E-state index is 13.2. The van der Waals surface area contributed by atoms with Crippen molar-refractivity contribution in [2.24, 2.45) is 0 Å². The number of carbonyl (C=O) groups is 1. The molecule has 0 saturated carbocycles. The summed E-state index contributed by atoms with van der Waals surface area (Å²) in [5.74, 6) is 0.0856. The van der Waals surface area contributed by atoms with Gasteiger partial charge in [-0.2, -0.15) is 0 Å². The Balaban J connectivity index is 1.62. The predicted molar refractivity (Wildman–Crippen MR) is 102 cm³/mol. The molecule has 3 nitrogen and oxygen atoms in total. The fourth-order valence-corrected chi connectivity index (χ4v) is 4.95. The molecule has 126 valence electrons. The van der Waals surface area contributed by atoms with Gasteiger partial charge >= 0.3 is 0 Å². The van der Waals surface area contributed by atoms with Crippen LogP contribution in [0.2, 0.25) is 0 Å². The van der Waals surface area contributed by atoms with Crippen molar-refractivity contribution in [1.82, 2.24) is 9.88 Å². The Hall–Kier alpha value is -2.11. The number of thiophene rings is 1. The van der Waals surface area contributed by atoms with Crippen molar-refractivity contribution in [2.75, 3.05) is 6.54 Å². The number of pyridine rings is 1. The van der Waals surface area contributed by atoms with Crippen LogP contribution < -0.4 is 0 Å². The molecule has 0 aliphatic carbocycles. The average molecular weight is 367 g/mol. The van der Waals surface area contributed by atoms with Crippen molar-refractivity contribution < 1.29 is 4.79 Å². The number of hydrogen-bond acceptors (Lipinski definition) is 4. The molecule has 0 N–H and O–H groups in total. The first-order valence-corrected chi connectivity index (χ1v) is 10.0. The summed E-state index contributed by atoms with van der Waals surface area (Å²) in [6.07, 6.45) is 3.84. The summed E-state index contributed by atoms with van der Waals surface area (Å²) in [7, 11) is 0. The molecule has 1 fully saturated rings. The van der Waals surface area contributed by atoms with E-state index in [1.165, 1.54) is 4.88 Å². The molecule has 1 atom stereocenters. The zero-order chi connectivity index (χ0) is 17.1. The molecule has 1 saturated heterocycles. The van der Waals surface area contributed by atoms with Crippen molar-refractivity contribution in [3.63, 3.8) is 0 Å². The summed E-state index contributed by atoms with van der Waals surface area (Å²) in [6.45, 7) is 0.811. The lowest BCUT2D eigenvalue weighted by atomic mass is 10.1. The van der Waals surface area contributed by atoms with Crippen LogP contribution in [0.15, 0.2) is 76.1 Å². The van der Waals surface area contributed by atoms with Gasteiger partial charge in [0.1, 0.15) is 5.03 Å². The van der Waals surface area contributed by atoms with Crippen LogP contribution in [-0.4, -0.2) is 22.3 Å². The van der Waals surface area contributed by atoms with Crippen molar-refractivity contribution in [3.8, 4) is 0 Å². The fraction of sp³-hybridized carbons (Fsp3) is 0.200. The number of likely N-dealkylation sites (tertiary alicyclic amines) is 1. The van der Waals surface area contributed by atoms with E-state index >= 15 is 0 Å². The van der Waals surface area contributed by atoms with Gasteiger partial charge in [-0.05, 0) is 48.6 Å². The van der Waals surface area contributed by atoms with Gasteiger partial charge < -0.3 is 4.90 Å². The van der Waals surface area contributed by atoms with E-state index in [1.807, 2.05) is 47.4 Å². The van der Waals surface area contributed by atoms with E-state index in [4.69, 9.17) is 0 Å². The van der Waals surface area contributed by atoms with Crippen LogP contribution in [-0.2, 0) is 0 Å². The van der Waals surface area contributed by atoms with E-state index in [2.05, 4.69) is 22.5 Å². The Bertz CT molecular complexity index is 849. The third-order valence-electron chi connectivity index (χ3n) is 4.34. The smallest absolute Gasteiger partial charge is 0.257 e. The molecule has 1 aromatic carbocycles. The van der Waals surface area contributed by atoms with Crippen LogP contribution in [0, 0.1) is 0 Å². The van der Waals surface area contributed by atoms with Crippen molar-refractivity contribution >= 4 is 29.0 Å². The first-order chi connectivity index (χ1) is 12.3. The molecule has 1 aliphatic heterocycles. The SMILES string of the molecule is O=C(c1cccnc1Sc1ccccc1)N1CCCC1c1cccs1. The van der Waals surface area contributed by atoms with Crippen LogP contribution in [0.5, 0.6) is 0 Å². The molecule has 0 spiro atoms. The largest absolute Gasteiger partial charge is 0.331 e. The zero-order valence-corrected chi connectivity index (χ0v) is 15.3. The second-order valence-corrected chi connectivity index (χ2v) is 7.98. The summed E-state index contributed by atoms with van der Waals surface area (Å²) >= 11 is 3.27. The summed E-state index contributed by atoms with van der Waals surface area (Å²) < 4.78 is 0. The number of amides is 1. The molecule has 3 heterocycles. The van der Waals surface area contributed by atoms with Crippen molar-refractivity contribution in [2.45, 2.75) is 28.8 Å². The molecule has 25 heavy (non-hydrogen) atoms. The summed E-state index contributed by atoms with van der Waals surface area (Å²) in [4.78, 5) is 22.1. The highest BCUT2D eigenvalue weighted by Gasteiger charge is 2.32. The number of rotatable bonds is 4. The number of nitrogens with zero attached hydrogens (tertiary/aromatic N) is 2. The topological polar surface area (TPSA) is 33.2 Å². The lowest BCUT2D eigenvalue weighted by Crippen LogP contribution is -2.30. The lowest BCUT2D eigenvalue weighted by Gasteiger charge is -2.24. The first-order valence-electron chi connectivity index (χ1n) is 8.35. The maximum Gasteiger partial charge on any atom is 0.257 e. The summed E-state index contributed by atoms with van der Waals surface area (Å²) in [6, 6.07) is 18.2. The maximum atomic E-state index is 13.2. The fourth-order valence-electron chi connectivity index (χ4n) is 3.18. The van der Waals surface area contributed by atoms with Gasteiger partial charge in [-0.1, -0.05) is 36.0 Å². The molecular formula is C20H18N2OS2. The molecule has 0 bridgehead atoms. The van der Waals surface area contributed by atoms with Crippen molar-refractivity contribution in [1.29, 1.82) is 0 Å². The Morgan fingerprint density at radius 1 is 1.12 bits per heavy atom.